The molecule has 8 nitrogen and oxygen atoms in total. The Morgan fingerprint density at radius 1 is 1.50 bits per heavy atom. The molecule has 110 valence electrons. The highest BCUT2D eigenvalue weighted by Gasteiger charge is 2.21. The molecule has 1 heterocycles. The number of carboxylic acids is 1. The number of aliphatic carboxylic acids is 1. The Labute approximate surface area is 115 Å². The van der Waals surface area contributed by atoms with Crippen LogP contribution < -0.4 is 5.32 Å². The topological polar surface area (TPSA) is 114 Å². The zero-order valence-electron chi connectivity index (χ0n) is 11.3. The molecular weight excluding hydrogens is 266 g/mol. The van der Waals surface area contributed by atoms with E-state index in [9.17, 15) is 19.7 Å². The Bertz CT molecular complexity index is 523. The van der Waals surface area contributed by atoms with Crippen LogP contribution in [0.3, 0.4) is 0 Å². The van der Waals surface area contributed by atoms with Crippen LogP contribution in [-0.4, -0.2) is 33.0 Å². The summed E-state index contributed by atoms with van der Waals surface area (Å²) in [4.78, 5) is 32.6. The van der Waals surface area contributed by atoms with Gasteiger partial charge in [-0.3, -0.25) is 9.59 Å². The second-order valence-corrected chi connectivity index (χ2v) is 4.48. The molecule has 1 aromatic heterocycles. The fourth-order valence-electron chi connectivity index (χ4n) is 1.85. The van der Waals surface area contributed by atoms with Gasteiger partial charge in [-0.15, -0.1) is 0 Å². The summed E-state index contributed by atoms with van der Waals surface area (Å²) in [7, 11) is 1.43. The molecule has 1 atom stereocenters. The van der Waals surface area contributed by atoms with Crippen LogP contribution in [0.2, 0.25) is 0 Å². The Morgan fingerprint density at radius 2 is 2.15 bits per heavy atom. The second-order valence-electron chi connectivity index (χ2n) is 4.48. The van der Waals surface area contributed by atoms with Gasteiger partial charge >= 0.3 is 11.8 Å². The summed E-state index contributed by atoms with van der Waals surface area (Å²) in [5, 5.41) is 22.0. The minimum absolute atomic E-state index is 0.0237. The number of hydrogen-bond acceptors (Lipinski definition) is 4. The maximum Gasteiger partial charge on any atom is 0.323 e. The fraction of sp³-hybridized carbons (Fsp3) is 0.500. The van der Waals surface area contributed by atoms with Crippen molar-refractivity contribution in [3.63, 3.8) is 0 Å². The number of aromatic nitrogens is 1. The monoisotopic (exact) mass is 283 g/mol. The lowest BCUT2D eigenvalue weighted by molar-refractivity contribution is -0.391. The number of nitrogens with one attached hydrogen (secondary N) is 1. The third-order valence-electron chi connectivity index (χ3n) is 3.11. The molecule has 0 aliphatic heterocycles. The van der Waals surface area contributed by atoms with Crippen LogP contribution in [0, 0.1) is 16.0 Å². The smallest absolute Gasteiger partial charge is 0.323 e. The summed E-state index contributed by atoms with van der Waals surface area (Å²) in [6.07, 6.45) is 0.601. The number of rotatable bonds is 7. The van der Waals surface area contributed by atoms with Gasteiger partial charge in [0, 0.05) is 19.0 Å². The minimum Gasteiger partial charge on any atom is -0.481 e. The lowest BCUT2D eigenvalue weighted by Gasteiger charge is -2.12. The van der Waals surface area contributed by atoms with Gasteiger partial charge in [0.05, 0.1) is 7.05 Å². The highest BCUT2D eigenvalue weighted by Crippen LogP contribution is 2.15. The van der Waals surface area contributed by atoms with Crippen molar-refractivity contribution in [3.05, 3.63) is 27.9 Å². The highest BCUT2D eigenvalue weighted by atomic mass is 16.6. The Morgan fingerprint density at radius 3 is 2.60 bits per heavy atom. The number of carbonyl (C=O) groups excluding carboxylic acids is 1. The van der Waals surface area contributed by atoms with Gasteiger partial charge in [-0.1, -0.05) is 13.3 Å². The summed E-state index contributed by atoms with van der Waals surface area (Å²) in [6.45, 7) is 2.06. The summed E-state index contributed by atoms with van der Waals surface area (Å²) in [6, 6.07) is 2.62. The average Bonchev–Trinajstić information content (AvgIpc) is 2.75. The van der Waals surface area contributed by atoms with Crippen molar-refractivity contribution in [1.29, 1.82) is 0 Å². The van der Waals surface area contributed by atoms with Crippen LogP contribution in [-0.2, 0) is 11.8 Å². The van der Waals surface area contributed by atoms with Gasteiger partial charge in [0.1, 0.15) is 0 Å². The van der Waals surface area contributed by atoms with Crippen molar-refractivity contribution in [1.82, 2.24) is 9.88 Å². The molecule has 1 amide bonds. The van der Waals surface area contributed by atoms with Gasteiger partial charge in [-0.25, -0.2) is 4.57 Å². The van der Waals surface area contributed by atoms with Gasteiger partial charge in [-0.2, -0.15) is 0 Å². The second kappa shape index (κ2) is 6.69. The van der Waals surface area contributed by atoms with Crippen molar-refractivity contribution in [2.24, 2.45) is 13.0 Å². The Kier molecular flexibility index (Phi) is 5.24. The van der Waals surface area contributed by atoms with E-state index in [0.29, 0.717) is 6.42 Å². The van der Waals surface area contributed by atoms with Gasteiger partial charge in [0.25, 0.3) is 5.91 Å². The zero-order chi connectivity index (χ0) is 15.3. The fourth-order valence-corrected chi connectivity index (χ4v) is 1.85. The number of carboxylic acid groups (broad SMARTS) is 1. The molecule has 2 N–H and O–H groups in total. The predicted octanol–water partition coefficient (Wildman–Crippen LogP) is 1.16. The van der Waals surface area contributed by atoms with E-state index in [-0.39, 0.29) is 30.4 Å². The van der Waals surface area contributed by atoms with Crippen LogP contribution in [0.5, 0.6) is 0 Å². The zero-order valence-corrected chi connectivity index (χ0v) is 11.3. The third kappa shape index (κ3) is 3.81. The largest absolute Gasteiger partial charge is 0.481 e. The van der Waals surface area contributed by atoms with Crippen LogP contribution in [0.25, 0.3) is 0 Å². The van der Waals surface area contributed by atoms with Crippen molar-refractivity contribution < 1.29 is 19.6 Å². The summed E-state index contributed by atoms with van der Waals surface area (Å²) in [5.41, 5.74) is 0.168. The van der Waals surface area contributed by atoms with E-state index < -0.39 is 16.8 Å². The highest BCUT2D eigenvalue weighted by molar-refractivity contribution is 5.93. The number of nitro groups is 1. The minimum atomic E-state index is -0.916. The van der Waals surface area contributed by atoms with Crippen LogP contribution in [0.4, 0.5) is 5.82 Å². The number of nitrogens with zero attached hydrogens (tertiary/aromatic N) is 2. The maximum atomic E-state index is 11.9. The van der Waals surface area contributed by atoms with Crippen molar-refractivity contribution in [3.8, 4) is 0 Å². The molecule has 8 heteroatoms. The Hall–Kier alpha value is -2.38. The van der Waals surface area contributed by atoms with Crippen molar-refractivity contribution in [2.45, 2.75) is 19.8 Å². The van der Waals surface area contributed by atoms with E-state index in [2.05, 4.69) is 5.32 Å². The predicted molar refractivity (Wildman–Crippen MR) is 70.4 cm³/mol. The number of hydrogen-bond donors (Lipinski definition) is 2. The number of carbonyl (C=O) groups is 2. The molecule has 0 fully saturated rings. The summed E-state index contributed by atoms with van der Waals surface area (Å²) in [5.74, 6) is -1.70. The molecule has 0 aliphatic rings. The first kappa shape index (κ1) is 15.7. The summed E-state index contributed by atoms with van der Waals surface area (Å²) >= 11 is 0. The molecule has 20 heavy (non-hydrogen) atoms. The molecule has 1 aromatic rings. The van der Waals surface area contributed by atoms with E-state index in [1.54, 1.807) is 0 Å². The van der Waals surface area contributed by atoms with Crippen LogP contribution in [0.15, 0.2) is 12.1 Å². The molecule has 1 rings (SSSR count). The molecule has 0 aliphatic carbocycles. The van der Waals surface area contributed by atoms with Gasteiger partial charge in [0.15, 0.2) is 5.69 Å². The Balaban J connectivity index is 2.67. The first-order chi connectivity index (χ1) is 9.36. The molecular formula is C12H17N3O5. The maximum absolute atomic E-state index is 11.9. The molecule has 0 spiro atoms. The van der Waals surface area contributed by atoms with E-state index >= 15 is 0 Å². The molecule has 1 unspecified atom stereocenters. The lowest BCUT2D eigenvalue weighted by Crippen LogP contribution is -2.31. The van der Waals surface area contributed by atoms with Gasteiger partial charge in [-0.05, 0) is 16.9 Å². The van der Waals surface area contributed by atoms with E-state index in [4.69, 9.17) is 5.11 Å². The van der Waals surface area contributed by atoms with E-state index in [0.717, 1.165) is 0 Å². The van der Waals surface area contributed by atoms with Crippen molar-refractivity contribution >= 4 is 17.7 Å². The van der Waals surface area contributed by atoms with Gasteiger partial charge < -0.3 is 20.5 Å². The quantitative estimate of drug-likeness (QED) is 0.575. The summed E-state index contributed by atoms with van der Waals surface area (Å²) < 4.78 is 1.19. The average molecular weight is 283 g/mol. The molecule has 0 aromatic carbocycles. The third-order valence-corrected chi connectivity index (χ3v) is 3.11. The van der Waals surface area contributed by atoms with Crippen LogP contribution in [0.1, 0.15) is 30.3 Å². The van der Waals surface area contributed by atoms with E-state index in [1.165, 1.54) is 23.7 Å². The van der Waals surface area contributed by atoms with Crippen LogP contribution >= 0.6 is 0 Å². The normalized spacial score (nSPS) is 11.9. The van der Waals surface area contributed by atoms with Crippen molar-refractivity contribution in [2.75, 3.05) is 6.54 Å². The SMILES string of the molecule is CCC(CNC(=O)c1ccc([N+](=O)[O-])n1C)CC(=O)O. The van der Waals surface area contributed by atoms with Gasteiger partial charge in [0.2, 0.25) is 0 Å². The molecule has 0 bridgehead atoms. The lowest BCUT2D eigenvalue weighted by atomic mass is 10.0. The first-order valence-corrected chi connectivity index (χ1v) is 6.16. The van der Waals surface area contributed by atoms with E-state index in [1.807, 2.05) is 6.92 Å². The molecule has 0 radical (unpaired) electrons. The number of amides is 1. The molecule has 0 saturated carbocycles. The first-order valence-electron chi connectivity index (χ1n) is 6.16. The molecule has 0 saturated heterocycles. The standard InChI is InChI=1S/C12H17N3O5/c1-3-8(6-11(16)17)7-13-12(18)9-4-5-10(14(9)2)15(19)20/h4-5,8H,3,6-7H2,1-2H3,(H,13,18)(H,16,17).